The van der Waals surface area contributed by atoms with Crippen LogP contribution in [-0.4, -0.2) is 20.9 Å². The molecule has 0 spiro atoms. The maximum atomic E-state index is 10.3. The molecule has 7 heteroatoms. The maximum absolute atomic E-state index is 10.3. The van der Waals surface area contributed by atoms with Gasteiger partial charge in [0.1, 0.15) is 9.21 Å². The van der Waals surface area contributed by atoms with E-state index in [-0.39, 0.29) is 6.42 Å². The third-order valence-corrected chi connectivity index (χ3v) is 4.51. The van der Waals surface area contributed by atoms with Crippen LogP contribution in [0.2, 0.25) is 0 Å². The number of aliphatic carboxylic acids is 1. The first-order valence-electron chi connectivity index (χ1n) is 3.31. The predicted octanol–water partition coefficient (Wildman–Crippen LogP) is 2.65. The molecule has 0 amide bonds. The maximum Gasteiger partial charge on any atom is 0.305 e. The van der Waals surface area contributed by atoms with E-state index in [4.69, 9.17) is 5.11 Å². The Hall–Kier alpha value is 0.120. The van der Waals surface area contributed by atoms with E-state index in [2.05, 4.69) is 52.9 Å². The van der Waals surface area contributed by atoms with E-state index >= 15 is 0 Å². The number of rotatable bonds is 3. The summed E-state index contributed by atoms with van der Waals surface area (Å²) in [4.78, 5) is 10.3. The molecule has 0 radical (unpaired) electrons. The largest absolute Gasteiger partial charge is 0.481 e. The summed E-state index contributed by atoms with van der Waals surface area (Å²) in [6.45, 7) is 0.347. The summed E-state index contributed by atoms with van der Waals surface area (Å²) in [6.07, 6.45) is 0.0547. The predicted molar refractivity (Wildman–Crippen MR) is 57.6 cm³/mol. The fourth-order valence-electron chi connectivity index (χ4n) is 0.742. The average molecular weight is 377 g/mol. The van der Waals surface area contributed by atoms with Crippen LogP contribution < -0.4 is 0 Å². The van der Waals surface area contributed by atoms with Crippen LogP contribution in [0.1, 0.15) is 6.42 Å². The Morgan fingerprint density at radius 2 is 2.08 bits per heavy atom. The van der Waals surface area contributed by atoms with Gasteiger partial charge >= 0.3 is 5.97 Å². The van der Waals surface area contributed by atoms with Gasteiger partial charge in [-0.25, -0.2) is 0 Å². The summed E-state index contributed by atoms with van der Waals surface area (Å²) in [5, 5.41) is 12.5. The zero-order valence-electron chi connectivity index (χ0n) is 6.30. The number of hydrogen-bond donors (Lipinski definition) is 1. The molecule has 0 saturated carbocycles. The van der Waals surface area contributed by atoms with Crippen LogP contribution in [0.15, 0.2) is 13.7 Å². The molecule has 0 bridgehead atoms. The Kier molecular flexibility index (Phi) is 3.93. The van der Waals surface area contributed by atoms with Crippen molar-refractivity contribution in [2.24, 2.45) is 0 Å². The van der Waals surface area contributed by atoms with Gasteiger partial charge in [-0.2, -0.15) is 5.10 Å². The Morgan fingerprint density at radius 3 is 2.46 bits per heavy atom. The second-order valence-corrected chi connectivity index (χ2v) is 4.56. The molecule has 0 saturated heterocycles. The van der Waals surface area contributed by atoms with Gasteiger partial charge in [-0.1, -0.05) is 0 Å². The highest BCUT2D eigenvalue weighted by molar-refractivity contribution is 9.14. The summed E-state index contributed by atoms with van der Waals surface area (Å²) in [5.74, 6) is -0.838. The first-order valence-corrected chi connectivity index (χ1v) is 5.69. The molecule has 1 N–H and O–H groups in total. The molecule has 0 aromatic carbocycles. The zero-order chi connectivity index (χ0) is 10.0. The fraction of sp³-hybridized carbons (Fsp3) is 0.333. The molecule has 1 aromatic rings. The quantitative estimate of drug-likeness (QED) is 0.882. The van der Waals surface area contributed by atoms with Crippen LogP contribution in [0, 0.1) is 0 Å². The van der Waals surface area contributed by atoms with Crippen molar-refractivity contribution in [2.45, 2.75) is 13.0 Å². The Balaban J connectivity index is 2.78. The van der Waals surface area contributed by atoms with Gasteiger partial charge in [-0.15, -0.1) is 0 Å². The number of carbonyl (C=O) groups is 1. The van der Waals surface area contributed by atoms with Crippen LogP contribution in [-0.2, 0) is 11.3 Å². The molecule has 1 rings (SSSR count). The number of halogens is 3. The molecule has 4 nitrogen and oxygen atoms in total. The highest BCUT2D eigenvalue weighted by Gasteiger charge is 2.11. The highest BCUT2D eigenvalue weighted by Crippen LogP contribution is 2.30. The SMILES string of the molecule is O=C(O)CCn1nc(Br)c(Br)c1Br. The molecule has 0 atom stereocenters. The zero-order valence-corrected chi connectivity index (χ0v) is 11.1. The number of hydrogen-bond acceptors (Lipinski definition) is 2. The minimum atomic E-state index is -0.838. The normalized spacial score (nSPS) is 10.4. The van der Waals surface area contributed by atoms with Crippen molar-refractivity contribution in [2.75, 3.05) is 0 Å². The lowest BCUT2D eigenvalue weighted by Gasteiger charge is -1.98. The summed E-state index contributed by atoms with van der Waals surface area (Å²) < 4.78 is 3.76. The molecule has 0 unspecified atom stereocenters. The lowest BCUT2D eigenvalue weighted by atomic mass is 10.4. The molecule has 72 valence electrons. The lowest BCUT2D eigenvalue weighted by Crippen LogP contribution is -2.06. The fourth-order valence-corrected chi connectivity index (χ4v) is 2.12. The van der Waals surface area contributed by atoms with Crippen molar-refractivity contribution >= 4 is 53.8 Å². The third kappa shape index (κ3) is 2.78. The summed E-state index contributed by atoms with van der Waals surface area (Å²) in [7, 11) is 0. The first kappa shape index (κ1) is 11.2. The topological polar surface area (TPSA) is 55.1 Å². The highest BCUT2D eigenvalue weighted by atomic mass is 79.9. The lowest BCUT2D eigenvalue weighted by molar-refractivity contribution is -0.137. The number of aromatic nitrogens is 2. The molecule has 0 fully saturated rings. The van der Waals surface area contributed by atoms with Gasteiger partial charge < -0.3 is 5.11 Å². The molecular formula is C6H5Br3N2O2. The van der Waals surface area contributed by atoms with E-state index in [9.17, 15) is 4.79 Å². The van der Waals surface area contributed by atoms with E-state index in [1.807, 2.05) is 0 Å². The number of carboxylic acid groups (broad SMARTS) is 1. The summed E-state index contributed by atoms with van der Waals surface area (Å²) >= 11 is 9.78. The molecule has 0 aliphatic heterocycles. The second-order valence-electron chi connectivity index (χ2n) is 2.26. The summed E-state index contributed by atoms with van der Waals surface area (Å²) in [6, 6.07) is 0. The number of nitrogens with zero attached hydrogens (tertiary/aromatic N) is 2. The standard InChI is InChI=1S/C6H5Br3N2O2/c7-4-5(8)10-11(6(4)9)2-1-3(12)13/h1-2H2,(H,12,13). The Bertz CT molecular complexity index is 337. The minimum Gasteiger partial charge on any atom is -0.481 e. The van der Waals surface area contributed by atoms with Gasteiger partial charge in [0.15, 0.2) is 0 Å². The van der Waals surface area contributed by atoms with Crippen molar-refractivity contribution in [1.29, 1.82) is 0 Å². The molecule has 13 heavy (non-hydrogen) atoms. The van der Waals surface area contributed by atoms with Crippen molar-refractivity contribution < 1.29 is 9.90 Å². The van der Waals surface area contributed by atoms with E-state index in [0.717, 1.165) is 9.08 Å². The van der Waals surface area contributed by atoms with E-state index < -0.39 is 5.97 Å². The van der Waals surface area contributed by atoms with E-state index in [1.165, 1.54) is 0 Å². The third-order valence-electron chi connectivity index (χ3n) is 1.33. The molecular weight excluding hydrogens is 372 g/mol. The van der Waals surface area contributed by atoms with Gasteiger partial charge in [0.2, 0.25) is 0 Å². The average Bonchev–Trinajstić information content (AvgIpc) is 2.29. The Morgan fingerprint density at radius 1 is 1.46 bits per heavy atom. The van der Waals surface area contributed by atoms with Gasteiger partial charge in [0.25, 0.3) is 0 Å². The minimum absolute atomic E-state index is 0.0547. The number of carboxylic acids is 1. The van der Waals surface area contributed by atoms with Gasteiger partial charge in [0, 0.05) is 0 Å². The van der Waals surface area contributed by atoms with Crippen molar-refractivity contribution in [3.63, 3.8) is 0 Å². The van der Waals surface area contributed by atoms with Crippen molar-refractivity contribution in [3.8, 4) is 0 Å². The Labute approximate surface area is 99.7 Å². The molecule has 0 aliphatic rings. The van der Waals surface area contributed by atoms with Crippen LogP contribution in [0.25, 0.3) is 0 Å². The van der Waals surface area contributed by atoms with Gasteiger partial charge in [-0.3, -0.25) is 9.48 Å². The second kappa shape index (κ2) is 4.56. The van der Waals surface area contributed by atoms with Crippen molar-refractivity contribution in [1.82, 2.24) is 9.78 Å². The van der Waals surface area contributed by atoms with Crippen LogP contribution in [0.3, 0.4) is 0 Å². The van der Waals surface area contributed by atoms with Crippen LogP contribution in [0.5, 0.6) is 0 Å². The number of aryl methyl sites for hydroxylation is 1. The molecule has 1 heterocycles. The van der Waals surface area contributed by atoms with Gasteiger partial charge in [0.05, 0.1) is 17.4 Å². The summed E-state index contributed by atoms with van der Waals surface area (Å²) in [5.41, 5.74) is 0. The van der Waals surface area contributed by atoms with Crippen molar-refractivity contribution in [3.05, 3.63) is 13.7 Å². The monoisotopic (exact) mass is 374 g/mol. The molecule has 0 aliphatic carbocycles. The van der Waals surface area contributed by atoms with E-state index in [0.29, 0.717) is 11.1 Å². The van der Waals surface area contributed by atoms with Gasteiger partial charge in [-0.05, 0) is 47.8 Å². The first-order chi connectivity index (χ1) is 6.02. The molecule has 1 aromatic heterocycles. The smallest absolute Gasteiger partial charge is 0.305 e. The van der Waals surface area contributed by atoms with E-state index in [1.54, 1.807) is 4.68 Å². The van der Waals surface area contributed by atoms with Crippen LogP contribution in [0.4, 0.5) is 0 Å². The van der Waals surface area contributed by atoms with Crippen LogP contribution >= 0.6 is 47.8 Å².